The molecule has 124 valence electrons. The van der Waals surface area contributed by atoms with E-state index >= 15 is 0 Å². The lowest BCUT2D eigenvalue weighted by Gasteiger charge is -2.18. The Hall–Kier alpha value is -2.84. The monoisotopic (exact) mass is 345 g/mol. The fraction of sp³-hybridized carbons (Fsp3) is 0.0667. The SMILES string of the molecule is O=C1c2ccccc2C(=O)N1c1cc(F)c(C(F)(F)F)c(F)c1F. The molecule has 0 N–H and O–H groups in total. The summed E-state index contributed by atoms with van der Waals surface area (Å²) in [4.78, 5) is 24.4. The van der Waals surface area contributed by atoms with Gasteiger partial charge in [-0.1, -0.05) is 12.1 Å². The van der Waals surface area contributed by atoms with Crippen molar-refractivity contribution in [3.63, 3.8) is 0 Å². The van der Waals surface area contributed by atoms with E-state index in [0.717, 1.165) is 0 Å². The summed E-state index contributed by atoms with van der Waals surface area (Å²) in [6, 6.07) is 5.23. The first-order chi connectivity index (χ1) is 11.1. The van der Waals surface area contributed by atoms with Gasteiger partial charge in [0.05, 0.1) is 16.8 Å². The molecule has 9 heteroatoms. The van der Waals surface area contributed by atoms with E-state index in [1.54, 1.807) is 0 Å². The maximum absolute atomic E-state index is 14.0. The highest BCUT2D eigenvalue weighted by atomic mass is 19.4. The maximum atomic E-state index is 14.0. The highest BCUT2D eigenvalue weighted by Crippen LogP contribution is 2.39. The molecule has 0 radical (unpaired) electrons. The summed E-state index contributed by atoms with van der Waals surface area (Å²) < 4.78 is 79.0. The lowest BCUT2D eigenvalue weighted by Crippen LogP contribution is -2.31. The lowest BCUT2D eigenvalue weighted by molar-refractivity contribution is -0.142. The lowest BCUT2D eigenvalue weighted by atomic mass is 10.1. The Morgan fingerprint density at radius 2 is 1.33 bits per heavy atom. The Kier molecular flexibility index (Phi) is 3.40. The van der Waals surface area contributed by atoms with Crippen LogP contribution in [0.2, 0.25) is 0 Å². The number of carbonyl (C=O) groups excluding carboxylic acids is 2. The van der Waals surface area contributed by atoms with Crippen LogP contribution in [-0.4, -0.2) is 11.8 Å². The number of halogens is 6. The molecule has 0 saturated heterocycles. The van der Waals surface area contributed by atoms with Gasteiger partial charge in [0.25, 0.3) is 11.8 Å². The van der Waals surface area contributed by atoms with Crippen LogP contribution in [0.1, 0.15) is 26.3 Å². The van der Waals surface area contributed by atoms with Gasteiger partial charge in [0, 0.05) is 6.07 Å². The zero-order chi connectivity index (χ0) is 17.8. The zero-order valence-corrected chi connectivity index (χ0v) is 11.4. The van der Waals surface area contributed by atoms with E-state index in [2.05, 4.69) is 0 Å². The van der Waals surface area contributed by atoms with Crippen LogP contribution in [0, 0.1) is 17.5 Å². The molecule has 0 saturated carbocycles. The first kappa shape index (κ1) is 16.0. The molecule has 0 spiro atoms. The summed E-state index contributed by atoms with van der Waals surface area (Å²) in [5.74, 6) is -8.97. The summed E-state index contributed by atoms with van der Waals surface area (Å²) in [7, 11) is 0. The molecule has 3 nitrogen and oxygen atoms in total. The largest absolute Gasteiger partial charge is 0.422 e. The molecule has 1 heterocycles. The van der Waals surface area contributed by atoms with Crippen LogP contribution in [0.15, 0.2) is 30.3 Å². The molecule has 2 aromatic rings. The Morgan fingerprint density at radius 3 is 1.79 bits per heavy atom. The second-order valence-electron chi connectivity index (χ2n) is 4.87. The normalized spacial score (nSPS) is 14.3. The van der Waals surface area contributed by atoms with E-state index in [1.165, 1.54) is 24.3 Å². The number of alkyl halides is 3. The molecule has 0 bridgehead atoms. The van der Waals surface area contributed by atoms with E-state index < -0.39 is 46.7 Å². The van der Waals surface area contributed by atoms with Crippen molar-refractivity contribution < 1.29 is 35.9 Å². The molecule has 1 aliphatic heterocycles. The summed E-state index contributed by atoms with van der Waals surface area (Å²) >= 11 is 0. The Bertz CT molecular complexity index is 855. The number of anilines is 1. The minimum Gasteiger partial charge on any atom is -0.268 e. The van der Waals surface area contributed by atoms with Crippen molar-refractivity contribution in [2.45, 2.75) is 6.18 Å². The molecule has 2 aromatic carbocycles. The van der Waals surface area contributed by atoms with Crippen LogP contribution in [0.3, 0.4) is 0 Å². The Balaban J connectivity index is 2.20. The summed E-state index contributed by atoms with van der Waals surface area (Å²) in [5, 5.41) is 0. The van der Waals surface area contributed by atoms with Crippen LogP contribution in [0.4, 0.5) is 32.0 Å². The van der Waals surface area contributed by atoms with Gasteiger partial charge < -0.3 is 0 Å². The standard InChI is InChI=1S/C15H5F6NO2/c16-8-5-9(11(17)12(18)10(8)15(19,20)21)22-13(23)6-3-1-2-4-7(6)14(22)24/h1-5H. The van der Waals surface area contributed by atoms with Gasteiger partial charge in [0.1, 0.15) is 11.4 Å². The third-order valence-electron chi connectivity index (χ3n) is 3.46. The molecule has 1 aliphatic rings. The topological polar surface area (TPSA) is 37.4 Å². The number of benzene rings is 2. The molecule has 0 aromatic heterocycles. The Labute approximate surface area is 130 Å². The Morgan fingerprint density at radius 1 is 0.833 bits per heavy atom. The smallest absolute Gasteiger partial charge is 0.268 e. The quantitative estimate of drug-likeness (QED) is 0.446. The van der Waals surface area contributed by atoms with Crippen molar-refractivity contribution in [1.29, 1.82) is 0 Å². The average molecular weight is 345 g/mol. The molecular weight excluding hydrogens is 340 g/mol. The molecule has 0 fully saturated rings. The zero-order valence-electron chi connectivity index (χ0n) is 11.4. The van der Waals surface area contributed by atoms with Crippen LogP contribution in [-0.2, 0) is 6.18 Å². The third kappa shape index (κ3) is 2.15. The summed E-state index contributed by atoms with van der Waals surface area (Å²) in [6.07, 6.45) is -5.48. The number of hydrogen-bond acceptors (Lipinski definition) is 2. The third-order valence-corrected chi connectivity index (χ3v) is 3.46. The molecular formula is C15H5F6NO2. The van der Waals surface area contributed by atoms with Gasteiger partial charge in [-0.05, 0) is 12.1 Å². The van der Waals surface area contributed by atoms with Gasteiger partial charge in [0.2, 0.25) is 0 Å². The van der Waals surface area contributed by atoms with Crippen LogP contribution in [0.25, 0.3) is 0 Å². The number of carbonyl (C=O) groups is 2. The van der Waals surface area contributed by atoms with E-state index in [-0.39, 0.29) is 22.1 Å². The van der Waals surface area contributed by atoms with Crippen LogP contribution in [0.5, 0.6) is 0 Å². The first-order valence-corrected chi connectivity index (χ1v) is 6.37. The second-order valence-corrected chi connectivity index (χ2v) is 4.87. The average Bonchev–Trinajstić information content (AvgIpc) is 2.74. The van der Waals surface area contributed by atoms with Crippen LogP contribution >= 0.6 is 0 Å². The van der Waals surface area contributed by atoms with Gasteiger partial charge in [-0.3, -0.25) is 9.59 Å². The minimum absolute atomic E-state index is 0.0249. The first-order valence-electron chi connectivity index (χ1n) is 6.37. The van der Waals surface area contributed by atoms with Gasteiger partial charge in [-0.25, -0.2) is 18.1 Å². The summed E-state index contributed by atoms with van der Waals surface area (Å²) in [5.41, 5.74) is -3.95. The second kappa shape index (κ2) is 5.08. The number of amides is 2. The van der Waals surface area contributed by atoms with Crippen molar-refractivity contribution in [3.8, 4) is 0 Å². The van der Waals surface area contributed by atoms with Crippen molar-refractivity contribution in [2.75, 3.05) is 4.90 Å². The van der Waals surface area contributed by atoms with Crippen molar-refractivity contribution in [2.24, 2.45) is 0 Å². The fourth-order valence-electron chi connectivity index (χ4n) is 2.41. The summed E-state index contributed by atoms with van der Waals surface area (Å²) in [6.45, 7) is 0. The molecule has 2 amide bonds. The maximum Gasteiger partial charge on any atom is 0.422 e. The van der Waals surface area contributed by atoms with Gasteiger partial charge in [0.15, 0.2) is 11.6 Å². The van der Waals surface area contributed by atoms with E-state index in [1.807, 2.05) is 0 Å². The number of hydrogen-bond donors (Lipinski definition) is 0. The van der Waals surface area contributed by atoms with Gasteiger partial charge in [-0.15, -0.1) is 0 Å². The van der Waals surface area contributed by atoms with E-state index in [4.69, 9.17) is 0 Å². The van der Waals surface area contributed by atoms with Crippen molar-refractivity contribution in [3.05, 3.63) is 64.5 Å². The molecule has 24 heavy (non-hydrogen) atoms. The van der Waals surface area contributed by atoms with Crippen molar-refractivity contribution >= 4 is 17.5 Å². The number of rotatable bonds is 1. The van der Waals surface area contributed by atoms with Crippen molar-refractivity contribution in [1.82, 2.24) is 0 Å². The fourth-order valence-corrected chi connectivity index (χ4v) is 2.41. The van der Waals surface area contributed by atoms with E-state index in [0.29, 0.717) is 0 Å². The highest BCUT2D eigenvalue weighted by Gasteiger charge is 2.43. The minimum atomic E-state index is -5.48. The van der Waals surface area contributed by atoms with Gasteiger partial charge in [-0.2, -0.15) is 13.2 Å². The molecule has 0 atom stereocenters. The molecule has 0 aliphatic carbocycles. The number of nitrogens with zero attached hydrogens (tertiary/aromatic N) is 1. The molecule has 3 rings (SSSR count). The van der Waals surface area contributed by atoms with Crippen LogP contribution < -0.4 is 4.90 Å². The van der Waals surface area contributed by atoms with E-state index in [9.17, 15) is 35.9 Å². The predicted octanol–water partition coefficient (Wildman–Crippen LogP) is 3.92. The number of imide groups is 1. The molecule has 0 unspecified atom stereocenters. The highest BCUT2D eigenvalue weighted by molar-refractivity contribution is 6.34. The number of fused-ring (bicyclic) bond motifs is 1. The van der Waals surface area contributed by atoms with Gasteiger partial charge >= 0.3 is 6.18 Å². The predicted molar refractivity (Wildman–Crippen MR) is 68.9 cm³/mol.